The fourth-order valence-corrected chi connectivity index (χ4v) is 6.18. The predicted octanol–water partition coefficient (Wildman–Crippen LogP) is 5.75. The average molecular weight is 381 g/mol. The number of hydrogen-bond acceptors (Lipinski definition) is 3. The number of amides is 1. The van der Waals surface area contributed by atoms with Gasteiger partial charge in [-0.15, -0.1) is 0 Å². The van der Waals surface area contributed by atoms with E-state index in [2.05, 4.69) is 31.0 Å². The predicted molar refractivity (Wildman–Crippen MR) is 113 cm³/mol. The summed E-state index contributed by atoms with van der Waals surface area (Å²) >= 11 is 0. The molecule has 0 aromatic rings. The van der Waals surface area contributed by atoms with Crippen molar-refractivity contribution < 1.29 is 9.53 Å². The van der Waals surface area contributed by atoms with E-state index in [-0.39, 0.29) is 11.5 Å². The second-order valence-electron chi connectivity index (χ2n) is 8.97. The number of likely N-dealkylation sites (tertiary alicyclic amines) is 1. The Labute approximate surface area is 167 Å². The molecule has 1 unspecified atom stereocenters. The molecule has 0 radical (unpaired) electrons. The molecule has 158 valence electrons. The molecular weight excluding hydrogens is 336 g/mol. The third-order valence-corrected chi connectivity index (χ3v) is 7.66. The number of ether oxygens (including phenoxy) is 1. The van der Waals surface area contributed by atoms with Crippen molar-refractivity contribution in [2.75, 3.05) is 26.7 Å². The highest BCUT2D eigenvalue weighted by Crippen LogP contribution is 2.61. The third kappa shape index (κ3) is 4.63. The normalized spacial score (nSPS) is 24.1. The topological polar surface area (TPSA) is 41.6 Å². The van der Waals surface area contributed by atoms with E-state index in [0.717, 1.165) is 32.5 Å². The lowest BCUT2D eigenvalue weighted by atomic mass is 9.48. The second-order valence-corrected chi connectivity index (χ2v) is 8.97. The van der Waals surface area contributed by atoms with Gasteiger partial charge in [0.25, 0.3) is 0 Å². The summed E-state index contributed by atoms with van der Waals surface area (Å²) in [7, 11) is 1.55. The molecule has 2 aliphatic rings. The first-order valence-electron chi connectivity index (χ1n) is 11.7. The largest absolute Gasteiger partial charge is 0.453 e. The number of carbonyl (C=O) groups excluding carboxylic acids is 1. The van der Waals surface area contributed by atoms with Crippen LogP contribution in [0.1, 0.15) is 97.8 Å². The van der Waals surface area contributed by atoms with Crippen LogP contribution in [-0.2, 0) is 4.74 Å². The highest BCUT2D eigenvalue weighted by Gasteiger charge is 2.59. The van der Waals surface area contributed by atoms with Gasteiger partial charge in [0.1, 0.15) is 0 Å². The van der Waals surface area contributed by atoms with Gasteiger partial charge in [0, 0.05) is 12.6 Å². The number of carbonyl (C=O) groups is 1. The van der Waals surface area contributed by atoms with Crippen molar-refractivity contribution in [3.05, 3.63) is 0 Å². The molecule has 2 saturated heterocycles. The molecule has 1 amide bonds. The number of nitrogens with zero attached hydrogens (tertiary/aromatic N) is 1. The van der Waals surface area contributed by atoms with E-state index in [1.807, 2.05) is 0 Å². The Balaban J connectivity index is 2.49. The molecule has 4 nitrogen and oxygen atoms in total. The molecule has 4 heteroatoms. The number of unbranched alkanes of at least 4 members (excludes halogenated alkanes) is 3. The maximum absolute atomic E-state index is 12.7. The maximum atomic E-state index is 12.7. The van der Waals surface area contributed by atoms with E-state index in [1.165, 1.54) is 64.2 Å². The van der Waals surface area contributed by atoms with Crippen molar-refractivity contribution in [3.63, 3.8) is 0 Å². The summed E-state index contributed by atoms with van der Waals surface area (Å²) in [5.41, 5.74) is 0.647. The minimum atomic E-state index is -0.0998. The minimum absolute atomic E-state index is 0.0998. The molecule has 0 aromatic heterocycles. The van der Waals surface area contributed by atoms with E-state index >= 15 is 0 Å². The first kappa shape index (κ1) is 22.5. The molecule has 1 spiro atoms. The smallest absolute Gasteiger partial charge is 0.409 e. The Morgan fingerprint density at radius 3 is 2.11 bits per heavy atom. The highest BCUT2D eigenvalue weighted by atomic mass is 16.5. The molecule has 27 heavy (non-hydrogen) atoms. The van der Waals surface area contributed by atoms with Crippen molar-refractivity contribution in [1.29, 1.82) is 0 Å². The van der Waals surface area contributed by atoms with Gasteiger partial charge in [-0.1, -0.05) is 59.3 Å². The fraction of sp³-hybridized carbons (Fsp3) is 0.957. The van der Waals surface area contributed by atoms with Gasteiger partial charge in [-0.05, 0) is 62.4 Å². The number of nitrogens with one attached hydrogen (secondary N) is 1. The summed E-state index contributed by atoms with van der Waals surface area (Å²) in [5.74, 6) is 0. The average Bonchev–Trinajstić information content (AvgIpc) is 2.71. The van der Waals surface area contributed by atoms with Crippen LogP contribution in [0.2, 0.25) is 0 Å². The molecule has 2 rings (SSSR count). The zero-order valence-corrected chi connectivity index (χ0v) is 18.4. The van der Waals surface area contributed by atoms with Crippen molar-refractivity contribution in [2.24, 2.45) is 10.8 Å². The van der Waals surface area contributed by atoms with E-state index in [0.29, 0.717) is 11.5 Å². The van der Waals surface area contributed by atoms with E-state index in [4.69, 9.17) is 4.74 Å². The van der Waals surface area contributed by atoms with Crippen LogP contribution in [0.25, 0.3) is 0 Å². The quantitative estimate of drug-likeness (QED) is 0.553. The number of hydrogen-bond donors (Lipinski definition) is 1. The van der Waals surface area contributed by atoms with Crippen LogP contribution >= 0.6 is 0 Å². The van der Waals surface area contributed by atoms with Crippen LogP contribution in [0.15, 0.2) is 0 Å². The summed E-state index contributed by atoms with van der Waals surface area (Å²) < 4.78 is 5.25. The molecule has 0 bridgehead atoms. The van der Waals surface area contributed by atoms with E-state index in [9.17, 15) is 4.79 Å². The highest BCUT2D eigenvalue weighted by molar-refractivity contribution is 5.68. The molecular formula is C23H44N2O2. The van der Waals surface area contributed by atoms with Crippen LogP contribution in [0.5, 0.6) is 0 Å². The lowest BCUT2D eigenvalue weighted by molar-refractivity contribution is -0.124. The lowest BCUT2D eigenvalue weighted by Gasteiger charge is -2.63. The number of piperidine rings is 2. The summed E-state index contributed by atoms with van der Waals surface area (Å²) in [4.78, 5) is 14.9. The van der Waals surface area contributed by atoms with Crippen LogP contribution in [0.3, 0.4) is 0 Å². The van der Waals surface area contributed by atoms with Crippen molar-refractivity contribution >= 4 is 6.09 Å². The van der Waals surface area contributed by atoms with E-state index in [1.54, 1.807) is 7.11 Å². The van der Waals surface area contributed by atoms with Gasteiger partial charge in [-0.25, -0.2) is 4.79 Å². The van der Waals surface area contributed by atoms with Crippen LogP contribution in [0, 0.1) is 10.8 Å². The molecule has 2 fully saturated rings. The van der Waals surface area contributed by atoms with Gasteiger partial charge < -0.3 is 15.0 Å². The van der Waals surface area contributed by atoms with Crippen LogP contribution in [-0.4, -0.2) is 43.8 Å². The Hall–Kier alpha value is -0.770. The molecule has 0 saturated carbocycles. The van der Waals surface area contributed by atoms with Crippen molar-refractivity contribution in [2.45, 2.75) is 104 Å². The molecule has 2 heterocycles. The Morgan fingerprint density at radius 1 is 1.00 bits per heavy atom. The van der Waals surface area contributed by atoms with Gasteiger partial charge in [-0.2, -0.15) is 0 Å². The number of methoxy groups -OCH3 is 1. The van der Waals surface area contributed by atoms with Gasteiger partial charge >= 0.3 is 6.09 Å². The Morgan fingerprint density at radius 2 is 1.59 bits per heavy atom. The zero-order chi connectivity index (χ0) is 19.8. The fourth-order valence-electron chi connectivity index (χ4n) is 6.18. The van der Waals surface area contributed by atoms with Gasteiger partial charge in [0.05, 0.1) is 7.11 Å². The lowest BCUT2D eigenvalue weighted by Crippen LogP contribution is -2.65. The monoisotopic (exact) mass is 380 g/mol. The molecule has 2 aliphatic heterocycles. The molecule has 0 aromatic carbocycles. The standard InChI is InChI=1S/C23H44N2O2/c1-5-8-11-20-23(12-9-6-2,13-10-7-3)22(14-17-24-18-15-22)16-19-25(20)21(26)27-4/h20,24H,5-19H2,1-4H3. The summed E-state index contributed by atoms with van der Waals surface area (Å²) in [6.07, 6.45) is 14.7. The first-order chi connectivity index (χ1) is 13.1. The SMILES string of the molecule is CCCCC1N(C(=O)OC)CCC2(CCNCC2)C1(CCCC)CCCC. The van der Waals surface area contributed by atoms with E-state index < -0.39 is 0 Å². The minimum Gasteiger partial charge on any atom is -0.453 e. The third-order valence-electron chi connectivity index (χ3n) is 7.66. The summed E-state index contributed by atoms with van der Waals surface area (Å²) in [5, 5.41) is 3.60. The second kappa shape index (κ2) is 10.7. The maximum Gasteiger partial charge on any atom is 0.409 e. The van der Waals surface area contributed by atoms with Gasteiger partial charge in [0.2, 0.25) is 0 Å². The van der Waals surface area contributed by atoms with Crippen molar-refractivity contribution in [3.8, 4) is 0 Å². The Kier molecular flexibility index (Phi) is 8.91. The van der Waals surface area contributed by atoms with Gasteiger partial charge in [0.15, 0.2) is 0 Å². The molecule has 1 atom stereocenters. The summed E-state index contributed by atoms with van der Waals surface area (Å²) in [6.45, 7) is 10.0. The first-order valence-corrected chi connectivity index (χ1v) is 11.7. The van der Waals surface area contributed by atoms with Crippen LogP contribution in [0.4, 0.5) is 4.79 Å². The molecule has 1 N–H and O–H groups in total. The Bertz CT molecular complexity index is 438. The van der Waals surface area contributed by atoms with Crippen LogP contribution < -0.4 is 5.32 Å². The van der Waals surface area contributed by atoms with Gasteiger partial charge in [-0.3, -0.25) is 0 Å². The van der Waals surface area contributed by atoms with Crippen molar-refractivity contribution in [1.82, 2.24) is 10.2 Å². The zero-order valence-electron chi connectivity index (χ0n) is 18.4. The summed E-state index contributed by atoms with van der Waals surface area (Å²) in [6, 6.07) is 0.342. The number of rotatable bonds is 9. The molecule has 0 aliphatic carbocycles.